The molecule has 1 unspecified atom stereocenters. The molecule has 1 aromatic heterocycles. The largest absolute Gasteiger partial charge is 0.406 e. The minimum absolute atomic E-state index is 0. The Morgan fingerprint density at radius 3 is 2.45 bits per heavy atom. The molecule has 0 radical (unpaired) electrons. The second kappa shape index (κ2) is 11.3. The van der Waals surface area contributed by atoms with E-state index in [1.54, 1.807) is 0 Å². The molecule has 7 nitrogen and oxygen atoms in total. The zero-order valence-corrected chi connectivity index (χ0v) is 20.6. The summed E-state index contributed by atoms with van der Waals surface area (Å²) in [5, 5.41) is 8.39. The molecule has 0 amide bonds. The summed E-state index contributed by atoms with van der Waals surface area (Å²) >= 11 is 1.95. The maximum atomic E-state index is 12.8. The monoisotopic (exact) mass is 485 g/mol. The minimum atomic E-state index is -0.163. The number of carbonyl (C=O) groups is 1. The van der Waals surface area contributed by atoms with Gasteiger partial charge in [0.1, 0.15) is 0 Å². The molecule has 1 fully saturated rings. The van der Waals surface area contributed by atoms with Gasteiger partial charge in [-0.3, -0.25) is 4.79 Å². The molecule has 9 heteroatoms. The molecule has 1 atom stereocenters. The third-order valence-corrected chi connectivity index (χ3v) is 6.32. The number of aliphatic imine (C=N–C) groups is 1. The number of guanidine groups is 1. The molecule has 174 valence electrons. The lowest BCUT2D eigenvalue weighted by Crippen LogP contribution is -2.44. The second-order valence-corrected chi connectivity index (χ2v) is 9.10. The molecule has 1 saturated heterocycles. The van der Waals surface area contributed by atoms with Crippen molar-refractivity contribution >= 4 is 41.9 Å². The van der Waals surface area contributed by atoms with E-state index in [0.717, 1.165) is 36.1 Å². The molecule has 1 aliphatic heterocycles. The maximum Gasteiger partial charge on any atom is 0.345 e. The number of rotatable bonds is 5. The van der Waals surface area contributed by atoms with Crippen LogP contribution in [0.25, 0.3) is 0 Å². The number of thioether (sulfide) groups is 1. The smallest absolute Gasteiger partial charge is 0.345 e. The topological polar surface area (TPSA) is 74.8 Å². The lowest BCUT2D eigenvalue weighted by Gasteiger charge is -2.32. The highest BCUT2D eigenvalue weighted by Gasteiger charge is 2.21. The van der Waals surface area contributed by atoms with Gasteiger partial charge in [-0.05, 0) is 18.6 Å². The number of aromatic nitrogens is 2. The van der Waals surface area contributed by atoms with Crippen molar-refractivity contribution in [3.8, 4) is 0 Å². The molecule has 33 heavy (non-hydrogen) atoms. The number of halogens is 1. The number of hydrogen-bond donors (Lipinski definition) is 0. The van der Waals surface area contributed by atoms with E-state index in [-0.39, 0.29) is 30.1 Å². The van der Waals surface area contributed by atoms with Gasteiger partial charge in [-0.15, -0.1) is 17.5 Å². The summed E-state index contributed by atoms with van der Waals surface area (Å²) in [6.45, 7) is 3.88. The molecule has 0 aliphatic carbocycles. The number of carbonyl (C=O) groups excluding carboxylic acids is 1. The van der Waals surface area contributed by atoms with Crippen molar-refractivity contribution in [2.75, 3.05) is 38.7 Å². The number of nitrogens with zero attached hydrogens (tertiary/aromatic N) is 5. The quantitative estimate of drug-likeness (QED) is 0.300. The molecule has 4 rings (SSSR count). The fourth-order valence-electron chi connectivity index (χ4n) is 3.60. The minimum Gasteiger partial charge on any atom is -0.406 e. The first-order chi connectivity index (χ1) is 15.5. The van der Waals surface area contributed by atoms with E-state index in [1.165, 1.54) is 0 Å². The van der Waals surface area contributed by atoms with Gasteiger partial charge in [0.25, 0.3) is 0 Å². The van der Waals surface area contributed by atoms with Gasteiger partial charge in [-0.2, -0.15) is 16.8 Å². The lowest BCUT2D eigenvalue weighted by molar-refractivity contribution is 0.103. The van der Waals surface area contributed by atoms with E-state index in [2.05, 4.69) is 20.1 Å². The van der Waals surface area contributed by atoms with Gasteiger partial charge >= 0.3 is 6.01 Å². The Balaban J connectivity index is 0.00000306. The second-order valence-electron chi connectivity index (χ2n) is 7.87. The van der Waals surface area contributed by atoms with Crippen molar-refractivity contribution in [2.24, 2.45) is 4.99 Å². The SMILES string of the molecule is CC(c1cccc(C(=O)c2ccccc2)c1)c1nnc(/N=C(\N(C)C)N2CCSCC2)o1.Cl. The molecule has 3 aromatic rings. The van der Waals surface area contributed by atoms with Crippen LogP contribution in [0.4, 0.5) is 6.01 Å². The molecule has 0 spiro atoms. The Labute approximate surface area is 204 Å². The van der Waals surface area contributed by atoms with E-state index >= 15 is 0 Å². The molecule has 1 aliphatic rings. The van der Waals surface area contributed by atoms with Crippen LogP contribution in [-0.2, 0) is 0 Å². The van der Waals surface area contributed by atoms with Crippen LogP contribution in [0.3, 0.4) is 0 Å². The number of hydrogen-bond acceptors (Lipinski definition) is 6. The van der Waals surface area contributed by atoms with Crippen molar-refractivity contribution < 1.29 is 9.21 Å². The van der Waals surface area contributed by atoms with Crippen LogP contribution in [0.5, 0.6) is 0 Å². The van der Waals surface area contributed by atoms with E-state index in [0.29, 0.717) is 17.0 Å². The zero-order valence-electron chi connectivity index (χ0n) is 19.0. The highest BCUT2D eigenvalue weighted by Crippen LogP contribution is 2.26. The standard InChI is InChI=1S/C24H27N5O2S.ClH/c1-17(19-10-7-11-20(16-19)21(30)18-8-5-4-6-9-18)22-26-27-23(31-22)25-24(28(2)3)29-12-14-32-15-13-29;/h4-11,16-17H,12-15H2,1-3H3;1H/b25-24+;. The average Bonchev–Trinajstić information content (AvgIpc) is 3.31. The average molecular weight is 486 g/mol. The molecular formula is C24H28ClN5O2S. The van der Waals surface area contributed by atoms with Crippen molar-refractivity contribution in [3.05, 3.63) is 77.2 Å². The van der Waals surface area contributed by atoms with Gasteiger partial charge in [0.05, 0.1) is 5.92 Å². The fraction of sp³-hybridized carbons (Fsp3) is 0.333. The summed E-state index contributed by atoms with van der Waals surface area (Å²) in [6, 6.07) is 17.1. The summed E-state index contributed by atoms with van der Waals surface area (Å²) in [6.07, 6.45) is 0. The van der Waals surface area contributed by atoms with Crippen LogP contribution in [0.15, 0.2) is 64.0 Å². The van der Waals surface area contributed by atoms with Crippen LogP contribution in [0, 0.1) is 0 Å². The Kier molecular flexibility index (Phi) is 8.52. The molecular weight excluding hydrogens is 458 g/mol. The maximum absolute atomic E-state index is 12.8. The summed E-state index contributed by atoms with van der Waals surface area (Å²) in [5.41, 5.74) is 2.24. The van der Waals surface area contributed by atoms with Crippen LogP contribution in [0.1, 0.15) is 40.2 Å². The van der Waals surface area contributed by atoms with Crippen LogP contribution < -0.4 is 0 Å². The van der Waals surface area contributed by atoms with Crippen molar-refractivity contribution in [1.82, 2.24) is 20.0 Å². The van der Waals surface area contributed by atoms with E-state index < -0.39 is 0 Å². The number of benzene rings is 2. The first-order valence-electron chi connectivity index (χ1n) is 10.6. The van der Waals surface area contributed by atoms with Crippen molar-refractivity contribution in [2.45, 2.75) is 12.8 Å². The Morgan fingerprint density at radius 1 is 1.06 bits per heavy atom. The van der Waals surface area contributed by atoms with Gasteiger partial charge in [0, 0.05) is 49.8 Å². The predicted molar refractivity (Wildman–Crippen MR) is 135 cm³/mol. The Hall–Kier alpha value is -2.84. The fourth-order valence-corrected chi connectivity index (χ4v) is 4.50. The van der Waals surface area contributed by atoms with E-state index in [1.807, 2.05) is 92.3 Å². The Morgan fingerprint density at radius 2 is 1.76 bits per heavy atom. The molecule has 0 N–H and O–H groups in total. The van der Waals surface area contributed by atoms with E-state index in [9.17, 15) is 4.79 Å². The van der Waals surface area contributed by atoms with Crippen LogP contribution in [0.2, 0.25) is 0 Å². The Bertz CT molecular complexity index is 1100. The van der Waals surface area contributed by atoms with Crippen LogP contribution >= 0.6 is 24.2 Å². The van der Waals surface area contributed by atoms with Gasteiger partial charge in [-0.25, -0.2) is 0 Å². The van der Waals surface area contributed by atoms with E-state index in [4.69, 9.17) is 4.42 Å². The summed E-state index contributed by atoms with van der Waals surface area (Å²) in [7, 11) is 3.94. The highest BCUT2D eigenvalue weighted by molar-refractivity contribution is 7.99. The summed E-state index contributed by atoms with van der Waals surface area (Å²) in [4.78, 5) is 21.7. The van der Waals surface area contributed by atoms with Crippen molar-refractivity contribution in [3.63, 3.8) is 0 Å². The van der Waals surface area contributed by atoms with Gasteiger partial charge in [0.2, 0.25) is 11.9 Å². The van der Waals surface area contributed by atoms with Gasteiger partial charge in [-0.1, -0.05) is 53.6 Å². The summed E-state index contributed by atoms with van der Waals surface area (Å²) in [5.74, 6) is 3.28. The van der Waals surface area contributed by atoms with Gasteiger partial charge in [0.15, 0.2) is 5.78 Å². The normalized spacial score (nSPS) is 15.0. The number of ketones is 1. The van der Waals surface area contributed by atoms with Crippen LogP contribution in [-0.4, -0.2) is 70.4 Å². The summed E-state index contributed by atoms with van der Waals surface area (Å²) < 4.78 is 5.90. The highest BCUT2D eigenvalue weighted by atomic mass is 35.5. The lowest BCUT2D eigenvalue weighted by atomic mass is 9.96. The molecule has 2 aromatic carbocycles. The van der Waals surface area contributed by atoms with Crippen molar-refractivity contribution in [1.29, 1.82) is 0 Å². The molecule has 2 heterocycles. The molecule has 0 saturated carbocycles. The third-order valence-electron chi connectivity index (χ3n) is 5.37. The first kappa shape index (κ1) is 24.8. The zero-order chi connectivity index (χ0) is 22.5. The molecule has 0 bridgehead atoms. The predicted octanol–water partition coefficient (Wildman–Crippen LogP) is 4.47. The van der Waals surface area contributed by atoms with Gasteiger partial charge < -0.3 is 14.2 Å². The third kappa shape index (κ3) is 5.94. The first-order valence-corrected chi connectivity index (χ1v) is 11.8.